The highest BCUT2D eigenvalue weighted by Crippen LogP contribution is 2.24. The third-order valence-electron chi connectivity index (χ3n) is 3.76. The maximum Gasteiger partial charge on any atom is 0.265 e. The quantitative estimate of drug-likeness (QED) is 0.669. The van der Waals surface area contributed by atoms with Crippen molar-refractivity contribution in [1.29, 1.82) is 5.26 Å². The Hall–Kier alpha value is -3.14. The Labute approximate surface area is 165 Å². The van der Waals surface area contributed by atoms with Gasteiger partial charge in [-0.1, -0.05) is 29.8 Å². The summed E-state index contributed by atoms with van der Waals surface area (Å²) in [6.45, 7) is 0.323. The number of benzene rings is 2. The van der Waals surface area contributed by atoms with Crippen LogP contribution in [0.15, 0.2) is 60.0 Å². The highest BCUT2D eigenvalue weighted by atomic mass is 35.5. The molecule has 0 fully saturated rings. The van der Waals surface area contributed by atoms with E-state index in [4.69, 9.17) is 16.9 Å². The summed E-state index contributed by atoms with van der Waals surface area (Å²) >= 11 is 7.46. The van der Waals surface area contributed by atoms with Crippen LogP contribution in [0, 0.1) is 11.3 Å². The Kier molecular flexibility index (Phi) is 5.87. The van der Waals surface area contributed by atoms with Crippen molar-refractivity contribution in [2.45, 2.75) is 6.54 Å². The van der Waals surface area contributed by atoms with Crippen molar-refractivity contribution < 1.29 is 9.59 Å². The fourth-order valence-electron chi connectivity index (χ4n) is 2.34. The number of halogens is 1. The van der Waals surface area contributed by atoms with Crippen molar-refractivity contribution in [3.05, 3.63) is 86.6 Å². The Balaban J connectivity index is 1.67. The van der Waals surface area contributed by atoms with E-state index in [1.165, 1.54) is 11.3 Å². The first kappa shape index (κ1) is 18.6. The second kappa shape index (κ2) is 8.49. The Morgan fingerprint density at radius 2 is 1.85 bits per heavy atom. The minimum absolute atomic E-state index is 0.276. The zero-order chi connectivity index (χ0) is 19.2. The van der Waals surface area contributed by atoms with Gasteiger partial charge >= 0.3 is 0 Å². The molecule has 2 N–H and O–H groups in total. The first-order valence-corrected chi connectivity index (χ1v) is 9.24. The molecule has 1 aromatic heterocycles. The lowest BCUT2D eigenvalue weighted by atomic mass is 10.1. The summed E-state index contributed by atoms with van der Waals surface area (Å²) in [6, 6.07) is 17.2. The molecule has 2 aromatic carbocycles. The van der Waals surface area contributed by atoms with E-state index in [0.29, 0.717) is 33.3 Å². The molecule has 0 saturated carbocycles. The molecule has 1 heterocycles. The number of nitrogens with one attached hydrogen (secondary N) is 2. The fraction of sp³-hybridized carbons (Fsp3) is 0.0500. The number of hydrogen-bond acceptors (Lipinski definition) is 4. The number of anilines is 1. The predicted octanol–water partition coefficient (Wildman–Crippen LogP) is 4.46. The van der Waals surface area contributed by atoms with E-state index in [0.717, 1.165) is 5.56 Å². The molecule has 5 nitrogen and oxygen atoms in total. The number of carbonyl (C=O) groups excluding carboxylic acids is 2. The summed E-state index contributed by atoms with van der Waals surface area (Å²) in [7, 11) is 0. The molecule has 3 rings (SSSR count). The smallest absolute Gasteiger partial charge is 0.265 e. The third kappa shape index (κ3) is 4.73. The van der Waals surface area contributed by atoms with Crippen molar-refractivity contribution in [3.8, 4) is 6.07 Å². The van der Waals surface area contributed by atoms with Crippen LogP contribution in [0.25, 0.3) is 0 Å². The molecule has 27 heavy (non-hydrogen) atoms. The molecule has 0 bridgehead atoms. The zero-order valence-corrected chi connectivity index (χ0v) is 15.6. The van der Waals surface area contributed by atoms with Crippen LogP contribution in [-0.4, -0.2) is 11.8 Å². The normalized spacial score (nSPS) is 10.1. The molecule has 0 unspecified atom stereocenters. The molecule has 134 valence electrons. The molecule has 7 heteroatoms. The van der Waals surface area contributed by atoms with Gasteiger partial charge in [0.25, 0.3) is 11.8 Å². The Bertz CT molecular complexity index is 1010. The zero-order valence-electron chi connectivity index (χ0n) is 14.0. The van der Waals surface area contributed by atoms with Gasteiger partial charge in [0.15, 0.2) is 0 Å². The van der Waals surface area contributed by atoms with Gasteiger partial charge in [-0.2, -0.15) is 5.26 Å². The molecule has 0 saturated heterocycles. The van der Waals surface area contributed by atoms with E-state index in [1.807, 2.05) is 11.4 Å². The number of rotatable bonds is 5. The van der Waals surface area contributed by atoms with Crippen LogP contribution >= 0.6 is 22.9 Å². The third-order valence-corrected chi connectivity index (χ3v) is 4.96. The van der Waals surface area contributed by atoms with Gasteiger partial charge < -0.3 is 10.6 Å². The highest BCUT2D eigenvalue weighted by molar-refractivity contribution is 7.12. The number of nitriles is 1. The molecule has 0 aliphatic rings. The maximum atomic E-state index is 12.4. The molecular formula is C20H14ClN3O2S. The van der Waals surface area contributed by atoms with E-state index in [-0.39, 0.29) is 11.8 Å². The van der Waals surface area contributed by atoms with Gasteiger partial charge in [0.2, 0.25) is 0 Å². The first-order chi connectivity index (χ1) is 13.1. The van der Waals surface area contributed by atoms with Crippen LogP contribution in [0.5, 0.6) is 0 Å². The summed E-state index contributed by atoms with van der Waals surface area (Å²) < 4.78 is 0. The summed E-state index contributed by atoms with van der Waals surface area (Å²) in [6.07, 6.45) is 0. The van der Waals surface area contributed by atoms with Crippen LogP contribution in [0.1, 0.15) is 31.2 Å². The SMILES string of the molecule is N#Cc1ccc(CNC(=O)c2ccc(Cl)c(NC(=O)c3cccs3)c2)cc1. The topological polar surface area (TPSA) is 82.0 Å². The molecule has 3 aromatic rings. The predicted molar refractivity (Wildman–Crippen MR) is 106 cm³/mol. The fourth-order valence-corrected chi connectivity index (χ4v) is 3.12. The van der Waals surface area contributed by atoms with Crippen LogP contribution in [0.2, 0.25) is 5.02 Å². The van der Waals surface area contributed by atoms with Crippen LogP contribution in [-0.2, 0) is 6.54 Å². The van der Waals surface area contributed by atoms with E-state index < -0.39 is 0 Å². The molecule has 0 atom stereocenters. The van der Waals surface area contributed by atoms with Gasteiger partial charge in [-0.3, -0.25) is 9.59 Å². The van der Waals surface area contributed by atoms with Crippen LogP contribution in [0.4, 0.5) is 5.69 Å². The van der Waals surface area contributed by atoms with Gasteiger partial charge in [0.1, 0.15) is 0 Å². The number of nitrogens with zero attached hydrogens (tertiary/aromatic N) is 1. The average molecular weight is 396 g/mol. The number of hydrogen-bond donors (Lipinski definition) is 2. The van der Waals surface area contributed by atoms with E-state index >= 15 is 0 Å². The standard InChI is InChI=1S/C20H14ClN3O2S/c21-16-8-7-15(10-17(16)24-20(26)18-2-1-9-27-18)19(25)23-12-14-5-3-13(11-22)4-6-14/h1-10H,12H2,(H,23,25)(H,24,26). The second-order valence-electron chi connectivity index (χ2n) is 5.62. The second-order valence-corrected chi connectivity index (χ2v) is 6.97. The monoisotopic (exact) mass is 395 g/mol. The van der Waals surface area contributed by atoms with Gasteiger partial charge in [-0.25, -0.2) is 0 Å². The highest BCUT2D eigenvalue weighted by Gasteiger charge is 2.13. The van der Waals surface area contributed by atoms with E-state index in [1.54, 1.807) is 54.6 Å². The van der Waals surface area contributed by atoms with Crippen molar-refractivity contribution in [2.24, 2.45) is 0 Å². The lowest BCUT2D eigenvalue weighted by Gasteiger charge is -2.10. The van der Waals surface area contributed by atoms with Crippen molar-refractivity contribution in [3.63, 3.8) is 0 Å². The number of amides is 2. The van der Waals surface area contributed by atoms with Gasteiger partial charge in [-0.15, -0.1) is 11.3 Å². The molecular weight excluding hydrogens is 382 g/mol. The van der Waals surface area contributed by atoms with E-state index in [9.17, 15) is 9.59 Å². The number of thiophene rings is 1. The molecule has 0 aliphatic heterocycles. The summed E-state index contributed by atoms with van der Waals surface area (Å²) in [5, 5.41) is 16.5. The molecule has 0 spiro atoms. The number of carbonyl (C=O) groups is 2. The van der Waals surface area contributed by atoms with Gasteiger partial charge in [0, 0.05) is 12.1 Å². The summed E-state index contributed by atoms with van der Waals surface area (Å²) in [5.74, 6) is -0.565. The van der Waals surface area contributed by atoms with E-state index in [2.05, 4.69) is 10.6 Å². The molecule has 0 radical (unpaired) electrons. The van der Waals surface area contributed by atoms with Gasteiger partial charge in [0.05, 0.1) is 27.2 Å². The largest absolute Gasteiger partial charge is 0.348 e. The summed E-state index contributed by atoms with van der Waals surface area (Å²) in [5.41, 5.74) is 2.20. The lowest BCUT2D eigenvalue weighted by molar-refractivity contribution is 0.0949. The molecule has 0 aliphatic carbocycles. The van der Waals surface area contributed by atoms with Crippen LogP contribution in [0.3, 0.4) is 0 Å². The van der Waals surface area contributed by atoms with Gasteiger partial charge in [-0.05, 0) is 47.3 Å². The minimum Gasteiger partial charge on any atom is -0.348 e. The average Bonchev–Trinajstić information content (AvgIpc) is 3.23. The van der Waals surface area contributed by atoms with Crippen molar-refractivity contribution >= 4 is 40.4 Å². The first-order valence-electron chi connectivity index (χ1n) is 7.98. The molecule has 2 amide bonds. The lowest BCUT2D eigenvalue weighted by Crippen LogP contribution is -2.23. The summed E-state index contributed by atoms with van der Waals surface area (Å²) in [4.78, 5) is 25.1. The Morgan fingerprint density at radius 3 is 2.52 bits per heavy atom. The maximum absolute atomic E-state index is 12.4. The Morgan fingerprint density at radius 1 is 1.07 bits per heavy atom. The minimum atomic E-state index is -0.289. The van der Waals surface area contributed by atoms with Crippen LogP contribution < -0.4 is 10.6 Å². The van der Waals surface area contributed by atoms with Crippen molar-refractivity contribution in [2.75, 3.05) is 5.32 Å². The van der Waals surface area contributed by atoms with Crippen molar-refractivity contribution in [1.82, 2.24) is 5.32 Å².